The van der Waals surface area contributed by atoms with E-state index in [0.29, 0.717) is 5.75 Å². The van der Waals surface area contributed by atoms with Crippen LogP contribution in [0.2, 0.25) is 0 Å². The minimum absolute atomic E-state index is 0.196. The van der Waals surface area contributed by atoms with E-state index in [0.717, 1.165) is 5.56 Å². The number of nitrogens with one attached hydrogen (secondary N) is 2. The molecule has 1 rings (SSSR count). The number of amides is 3. The van der Waals surface area contributed by atoms with Gasteiger partial charge in [-0.2, -0.15) is 0 Å². The van der Waals surface area contributed by atoms with Gasteiger partial charge in [0.05, 0.1) is 13.5 Å². The molecule has 0 radical (unpaired) electrons. The van der Waals surface area contributed by atoms with Gasteiger partial charge >= 0.3 is 12.0 Å². The molecule has 0 spiro atoms. The van der Waals surface area contributed by atoms with Gasteiger partial charge in [-0.15, -0.1) is 0 Å². The van der Waals surface area contributed by atoms with Gasteiger partial charge in [-0.25, -0.2) is 4.79 Å². The van der Waals surface area contributed by atoms with E-state index in [2.05, 4.69) is 5.32 Å². The van der Waals surface area contributed by atoms with Crippen LogP contribution in [-0.2, 0) is 16.1 Å². The largest absolute Gasteiger partial charge is 0.496 e. The number of hydrogen-bond acceptors (Lipinski definition) is 4. The Morgan fingerprint density at radius 1 is 1.20 bits per heavy atom. The summed E-state index contributed by atoms with van der Waals surface area (Å²) >= 11 is 0. The molecule has 7 heteroatoms. The van der Waals surface area contributed by atoms with E-state index in [4.69, 9.17) is 9.84 Å². The third-order valence-corrected chi connectivity index (χ3v) is 2.45. The maximum absolute atomic E-state index is 11.4. The van der Waals surface area contributed by atoms with E-state index in [1.165, 1.54) is 7.11 Å². The van der Waals surface area contributed by atoms with Crippen molar-refractivity contribution < 1.29 is 24.2 Å². The van der Waals surface area contributed by atoms with Crippen molar-refractivity contribution in [1.82, 2.24) is 10.6 Å². The number of hydrogen-bond donors (Lipinski definition) is 3. The van der Waals surface area contributed by atoms with Gasteiger partial charge in [0.2, 0.25) is 5.91 Å². The number of carbonyl (C=O) groups excluding carboxylic acids is 2. The lowest BCUT2D eigenvalue weighted by atomic mass is 10.2. The molecule has 0 aliphatic rings. The van der Waals surface area contributed by atoms with Gasteiger partial charge in [-0.3, -0.25) is 14.9 Å². The Balaban J connectivity index is 2.39. The van der Waals surface area contributed by atoms with E-state index in [1.807, 2.05) is 5.32 Å². The summed E-state index contributed by atoms with van der Waals surface area (Å²) in [5.41, 5.74) is 0.767. The molecule has 108 valence electrons. The minimum Gasteiger partial charge on any atom is -0.496 e. The van der Waals surface area contributed by atoms with Crippen LogP contribution in [0.3, 0.4) is 0 Å². The van der Waals surface area contributed by atoms with Crippen LogP contribution in [0.25, 0.3) is 0 Å². The minimum atomic E-state index is -1.09. The maximum Gasteiger partial charge on any atom is 0.321 e. The summed E-state index contributed by atoms with van der Waals surface area (Å²) in [6.45, 7) is 0.196. The molecule has 3 N–H and O–H groups in total. The van der Waals surface area contributed by atoms with Crippen molar-refractivity contribution >= 4 is 17.9 Å². The molecule has 0 saturated heterocycles. The standard InChI is InChI=1S/C13H16N2O5/c1-20-10-5-3-2-4-9(10)8-14-13(19)15-11(16)6-7-12(17)18/h2-5H,6-8H2,1H3,(H,17,18)(H2,14,15,16,19). The first-order chi connectivity index (χ1) is 9.52. The summed E-state index contributed by atoms with van der Waals surface area (Å²) in [5, 5.41) is 13.0. The zero-order valence-electron chi connectivity index (χ0n) is 11.0. The summed E-state index contributed by atoms with van der Waals surface area (Å²) in [6.07, 6.45) is -0.553. The summed E-state index contributed by atoms with van der Waals surface area (Å²) in [7, 11) is 1.52. The number of urea groups is 1. The average Bonchev–Trinajstić information content (AvgIpc) is 2.43. The lowest BCUT2D eigenvalue weighted by Gasteiger charge is -2.09. The highest BCUT2D eigenvalue weighted by Gasteiger charge is 2.10. The lowest BCUT2D eigenvalue weighted by Crippen LogP contribution is -2.39. The fraction of sp³-hybridized carbons (Fsp3) is 0.308. The normalized spacial score (nSPS) is 9.65. The molecule has 3 amide bonds. The average molecular weight is 280 g/mol. The van der Waals surface area contributed by atoms with Crippen LogP contribution in [0.15, 0.2) is 24.3 Å². The Bertz CT molecular complexity index is 501. The molecule has 0 atom stereocenters. The van der Waals surface area contributed by atoms with Crippen molar-refractivity contribution in [1.29, 1.82) is 0 Å². The van der Waals surface area contributed by atoms with E-state index in [1.54, 1.807) is 24.3 Å². The SMILES string of the molecule is COc1ccccc1CNC(=O)NC(=O)CCC(=O)O. The van der Waals surface area contributed by atoms with Gasteiger partial charge in [0.25, 0.3) is 0 Å². The molecule has 0 bridgehead atoms. The highest BCUT2D eigenvalue weighted by atomic mass is 16.5. The van der Waals surface area contributed by atoms with Crippen molar-refractivity contribution in [2.45, 2.75) is 19.4 Å². The predicted octanol–water partition coefficient (Wildman–Crippen LogP) is 0.886. The number of carboxylic acid groups (broad SMARTS) is 1. The topological polar surface area (TPSA) is 105 Å². The molecule has 20 heavy (non-hydrogen) atoms. The first-order valence-electron chi connectivity index (χ1n) is 5.94. The van der Waals surface area contributed by atoms with Crippen LogP contribution < -0.4 is 15.4 Å². The fourth-order valence-electron chi connectivity index (χ4n) is 1.48. The van der Waals surface area contributed by atoms with Gasteiger partial charge < -0.3 is 15.2 Å². The molecule has 0 fully saturated rings. The summed E-state index contributed by atoms with van der Waals surface area (Å²) < 4.78 is 5.12. The summed E-state index contributed by atoms with van der Waals surface area (Å²) in [4.78, 5) is 32.9. The molecule has 0 saturated carbocycles. The molecule has 0 aliphatic heterocycles. The van der Waals surface area contributed by atoms with Crippen molar-refractivity contribution in [2.24, 2.45) is 0 Å². The van der Waals surface area contributed by atoms with Crippen LogP contribution >= 0.6 is 0 Å². The monoisotopic (exact) mass is 280 g/mol. The van der Waals surface area contributed by atoms with E-state index < -0.39 is 17.9 Å². The zero-order valence-corrected chi connectivity index (χ0v) is 11.0. The van der Waals surface area contributed by atoms with Gasteiger partial charge in [0, 0.05) is 18.5 Å². The Kier molecular flexibility index (Phi) is 6.02. The quantitative estimate of drug-likeness (QED) is 0.717. The third kappa shape index (κ3) is 5.38. The van der Waals surface area contributed by atoms with Crippen LogP contribution in [0.1, 0.15) is 18.4 Å². The van der Waals surface area contributed by atoms with E-state index >= 15 is 0 Å². The van der Waals surface area contributed by atoms with Gasteiger partial charge in [0.1, 0.15) is 5.75 Å². The Hall–Kier alpha value is -2.57. The Morgan fingerprint density at radius 3 is 2.55 bits per heavy atom. The van der Waals surface area contributed by atoms with Crippen molar-refractivity contribution in [3.63, 3.8) is 0 Å². The van der Waals surface area contributed by atoms with Crippen molar-refractivity contribution in [2.75, 3.05) is 7.11 Å². The van der Waals surface area contributed by atoms with Crippen LogP contribution in [0.4, 0.5) is 4.79 Å². The van der Waals surface area contributed by atoms with Gasteiger partial charge in [0.15, 0.2) is 0 Å². The van der Waals surface area contributed by atoms with Crippen LogP contribution in [-0.4, -0.2) is 30.1 Å². The molecule has 0 unspecified atom stereocenters. The highest BCUT2D eigenvalue weighted by Crippen LogP contribution is 2.16. The number of methoxy groups -OCH3 is 1. The third-order valence-electron chi connectivity index (χ3n) is 2.45. The molecular weight excluding hydrogens is 264 g/mol. The molecule has 0 heterocycles. The fourth-order valence-corrected chi connectivity index (χ4v) is 1.48. The molecular formula is C13H16N2O5. The van der Waals surface area contributed by atoms with E-state index in [9.17, 15) is 14.4 Å². The van der Waals surface area contributed by atoms with Crippen LogP contribution in [0.5, 0.6) is 5.75 Å². The van der Waals surface area contributed by atoms with Crippen molar-refractivity contribution in [3.8, 4) is 5.75 Å². The van der Waals surface area contributed by atoms with Gasteiger partial charge in [-0.1, -0.05) is 18.2 Å². The summed E-state index contributed by atoms with van der Waals surface area (Å²) in [6, 6.07) is 6.47. The smallest absolute Gasteiger partial charge is 0.321 e. The lowest BCUT2D eigenvalue weighted by molar-refractivity contribution is -0.138. The summed E-state index contributed by atoms with van der Waals surface area (Å²) in [5.74, 6) is -1.09. The molecule has 1 aromatic rings. The number of imide groups is 1. The highest BCUT2D eigenvalue weighted by molar-refractivity contribution is 5.95. The van der Waals surface area contributed by atoms with Gasteiger partial charge in [-0.05, 0) is 6.07 Å². The van der Waals surface area contributed by atoms with E-state index in [-0.39, 0.29) is 19.4 Å². The number of aliphatic carboxylic acids is 1. The second-order valence-corrected chi connectivity index (χ2v) is 3.94. The number of benzene rings is 1. The predicted molar refractivity (Wildman–Crippen MR) is 70.2 cm³/mol. The first kappa shape index (κ1) is 15.5. The Morgan fingerprint density at radius 2 is 1.90 bits per heavy atom. The molecule has 0 aliphatic carbocycles. The number of carboxylic acids is 1. The number of rotatable bonds is 6. The number of carbonyl (C=O) groups is 3. The molecule has 1 aromatic carbocycles. The van der Waals surface area contributed by atoms with Crippen molar-refractivity contribution in [3.05, 3.63) is 29.8 Å². The number of para-hydroxylation sites is 1. The maximum atomic E-state index is 11.4. The Labute approximate surface area is 115 Å². The second-order valence-electron chi connectivity index (χ2n) is 3.94. The zero-order chi connectivity index (χ0) is 15.0. The van der Waals surface area contributed by atoms with Crippen LogP contribution in [0, 0.1) is 0 Å². The second kappa shape index (κ2) is 7.78. The molecule has 0 aromatic heterocycles. The number of ether oxygens (including phenoxy) is 1. The molecule has 7 nitrogen and oxygen atoms in total. The first-order valence-corrected chi connectivity index (χ1v) is 5.94.